The average molecular weight is 259 g/mol. The summed E-state index contributed by atoms with van der Waals surface area (Å²) in [7, 11) is 0. The van der Waals surface area contributed by atoms with Crippen LogP contribution in [0.1, 0.15) is 29.4 Å². The van der Waals surface area contributed by atoms with E-state index >= 15 is 0 Å². The number of aromatic hydroxyl groups is 1. The standard InChI is InChI=1S/C15H21N3O/c1-10(16)7-15-11(2)17-18(12(15)3)9-13-5-4-6-14(19)8-13/h4-6,8,10,19H,7,9,16H2,1-3H3. The van der Waals surface area contributed by atoms with E-state index in [1.54, 1.807) is 12.1 Å². The largest absolute Gasteiger partial charge is 0.508 e. The number of nitrogens with two attached hydrogens (primary N) is 1. The van der Waals surface area contributed by atoms with Gasteiger partial charge in [0.15, 0.2) is 0 Å². The van der Waals surface area contributed by atoms with Gasteiger partial charge in [-0.3, -0.25) is 4.68 Å². The van der Waals surface area contributed by atoms with Crippen LogP contribution in [0.3, 0.4) is 0 Å². The van der Waals surface area contributed by atoms with Crippen LogP contribution in [0, 0.1) is 13.8 Å². The van der Waals surface area contributed by atoms with E-state index in [0.29, 0.717) is 6.54 Å². The molecule has 0 saturated carbocycles. The maximum Gasteiger partial charge on any atom is 0.115 e. The van der Waals surface area contributed by atoms with Gasteiger partial charge in [0.25, 0.3) is 0 Å². The number of hydrogen-bond donors (Lipinski definition) is 2. The Kier molecular flexibility index (Phi) is 3.90. The molecule has 3 N–H and O–H groups in total. The van der Waals surface area contributed by atoms with Crippen molar-refractivity contribution in [2.24, 2.45) is 5.73 Å². The Morgan fingerprint density at radius 1 is 1.37 bits per heavy atom. The Morgan fingerprint density at radius 3 is 2.74 bits per heavy atom. The zero-order valence-electron chi connectivity index (χ0n) is 11.7. The van der Waals surface area contributed by atoms with Crippen LogP contribution >= 0.6 is 0 Å². The molecule has 1 unspecified atom stereocenters. The highest BCUT2D eigenvalue weighted by atomic mass is 16.3. The lowest BCUT2D eigenvalue weighted by Crippen LogP contribution is -2.18. The van der Waals surface area contributed by atoms with Crippen molar-refractivity contribution in [2.75, 3.05) is 0 Å². The van der Waals surface area contributed by atoms with Crippen LogP contribution < -0.4 is 5.73 Å². The molecular formula is C15H21N3O. The third kappa shape index (κ3) is 3.15. The molecule has 1 atom stereocenters. The van der Waals surface area contributed by atoms with Crippen LogP contribution in [0.2, 0.25) is 0 Å². The quantitative estimate of drug-likeness (QED) is 0.884. The molecule has 1 aromatic heterocycles. The molecule has 0 amide bonds. The number of aryl methyl sites for hydroxylation is 1. The molecule has 0 bridgehead atoms. The zero-order valence-corrected chi connectivity index (χ0v) is 11.7. The summed E-state index contributed by atoms with van der Waals surface area (Å²) in [6.45, 7) is 6.76. The first-order valence-electron chi connectivity index (χ1n) is 6.53. The molecule has 0 saturated heterocycles. The summed E-state index contributed by atoms with van der Waals surface area (Å²) in [6, 6.07) is 7.41. The SMILES string of the molecule is Cc1nn(Cc2cccc(O)c2)c(C)c1CC(C)N. The van der Waals surface area contributed by atoms with Crippen LogP contribution in [0.15, 0.2) is 24.3 Å². The summed E-state index contributed by atoms with van der Waals surface area (Å²) in [5, 5.41) is 14.1. The summed E-state index contributed by atoms with van der Waals surface area (Å²) in [5.74, 6) is 0.287. The van der Waals surface area contributed by atoms with Gasteiger partial charge in [-0.2, -0.15) is 5.10 Å². The summed E-state index contributed by atoms with van der Waals surface area (Å²) in [6.07, 6.45) is 0.845. The Bertz CT molecular complexity index is 573. The molecule has 0 aliphatic carbocycles. The minimum Gasteiger partial charge on any atom is -0.508 e. The van der Waals surface area contributed by atoms with Crippen molar-refractivity contribution < 1.29 is 5.11 Å². The van der Waals surface area contributed by atoms with Gasteiger partial charge in [-0.05, 0) is 50.5 Å². The second-order valence-electron chi connectivity index (χ2n) is 5.16. The van der Waals surface area contributed by atoms with Gasteiger partial charge in [0.05, 0.1) is 12.2 Å². The van der Waals surface area contributed by atoms with E-state index in [0.717, 1.165) is 23.4 Å². The summed E-state index contributed by atoms with van der Waals surface area (Å²) < 4.78 is 1.97. The van der Waals surface area contributed by atoms with Crippen molar-refractivity contribution in [1.82, 2.24) is 9.78 Å². The number of phenolic OH excluding ortho intramolecular Hbond substituents is 1. The van der Waals surface area contributed by atoms with Crippen molar-refractivity contribution in [1.29, 1.82) is 0 Å². The summed E-state index contributed by atoms with van der Waals surface area (Å²) in [4.78, 5) is 0. The first-order valence-corrected chi connectivity index (χ1v) is 6.53. The molecule has 102 valence electrons. The maximum absolute atomic E-state index is 9.49. The predicted octanol–water partition coefficient (Wildman–Crippen LogP) is 2.14. The summed E-state index contributed by atoms with van der Waals surface area (Å²) in [5.41, 5.74) is 10.3. The van der Waals surface area contributed by atoms with Crippen LogP contribution in [-0.2, 0) is 13.0 Å². The van der Waals surface area contributed by atoms with Gasteiger partial charge in [0, 0.05) is 11.7 Å². The van der Waals surface area contributed by atoms with Crippen molar-refractivity contribution in [3.63, 3.8) is 0 Å². The van der Waals surface area contributed by atoms with Gasteiger partial charge in [-0.15, -0.1) is 0 Å². The number of hydrogen-bond acceptors (Lipinski definition) is 3. The fraction of sp³-hybridized carbons (Fsp3) is 0.400. The Morgan fingerprint density at radius 2 is 2.11 bits per heavy atom. The molecular weight excluding hydrogens is 238 g/mol. The van der Waals surface area contributed by atoms with Gasteiger partial charge in [0.1, 0.15) is 5.75 Å². The monoisotopic (exact) mass is 259 g/mol. The van der Waals surface area contributed by atoms with E-state index in [9.17, 15) is 5.11 Å². The van der Waals surface area contributed by atoms with Crippen molar-refractivity contribution in [3.05, 3.63) is 46.8 Å². The van der Waals surface area contributed by atoms with Crippen LogP contribution in [0.4, 0.5) is 0 Å². The highest BCUT2D eigenvalue weighted by Crippen LogP contribution is 2.18. The van der Waals surface area contributed by atoms with Gasteiger partial charge in [-0.25, -0.2) is 0 Å². The van der Waals surface area contributed by atoms with E-state index in [-0.39, 0.29) is 11.8 Å². The first-order chi connectivity index (χ1) is 8.97. The van der Waals surface area contributed by atoms with Gasteiger partial charge < -0.3 is 10.8 Å². The van der Waals surface area contributed by atoms with Gasteiger partial charge >= 0.3 is 0 Å². The van der Waals surface area contributed by atoms with E-state index in [2.05, 4.69) is 12.0 Å². The Labute approximate surface area is 113 Å². The minimum absolute atomic E-state index is 0.135. The fourth-order valence-corrected chi connectivity index (χ4v) is 2.33. The molecule has 2 aromatic rings. The molecule has 0 fully saturated rings. The molecule has 4 nitrogen and oxygen atoms in total. The highest BCUT2D eigenvalue weighted by molar-refractivity contribution is 5.29. The number of aromatic nitrogens is 2. The molecule has 0 radical (unpaired) electrons. The molecule has 19 heavy (non-hydrogen) atoms. The van der Waals surface area contributed by atoms with Crippen LogP contribution in [-0.4, -0.2) is 20.9 Å². The zero-order chi connectivity index (χ0) is 14.0. The molecule has 1 heterocycles. The Hall–Kier alpha value is -1.81. The second-order valence-corrected chi connectivity index (χ2v) is 5.16. The number of rotatable bonds is 4. The van der Waals surface area contributed by atoms with Crippen molar-refractivity contribution in [3.8, 4) is 5.75 Å². The number of benzene rings is 1. The van der Waals surface area contributed by atoms with Gasteiger partial charge in [0.2, 0.25) is 0 Å². The van der Waals surface area contributed by atoms with Gasteiger partial charge in [-0.1, -0.05) is 12.1 Å². The number of nitrogens with zero attached hydrogens (tertiary/aromatic N) is 2. The van der Waals surface area contributed by atoms with Crippen LogP contribution in [0.25, 0.3) is 0 Å². The lowest BCUT2D eigenvalue weighted by molar-refractivity contribution is 0.474. The van der Waals surface area contributed by atoms with Crippen molar-refractivity contribution in [2.45, 2.75) is 39.8 Å². The topological polar surface area (TPSA) is 64.1 Å². The first kappa shape index (κ1) is 13.6. The average Bonchev–Trinajstić information content (AvgIpc) is 2.57. The fourth-order valence-electron chi connectivity index (χ4n) is 2.33. The molecule has 0 aliphatic rings. The van der Waals surface area contributed by atoms with E-state index < -0.39 is 0 Å². The normalized spacial score (nSPS) is 12.6. The number of phenols is 1. The molecule has 4 heteroatoms. The molecule has 0 aliphatic heterocycles. The molecule has 0 spiro atoms. The summed E-state index contributed by atoms with van der Waals surface area (Å²) >= 11 is 0. The van der Waals surface area contributed by atoms with E-state index in [1.165, 1.54) is 5.56 Å². The third-order valence-electron chi connectivity index (χ3n) is 3.30. The second kappa shape index (κ2) is 5.45. The maximum atomic E-state index is 9.49. The third-order valence-corrected chi connectivity index (χ3v) is 3.30. The molecule has 2 rings (SSSR count). The Balaban J connectivity index is 2.26. The van der Waals surface area contributed by atoms with Crippen LogP contribution in [0.5, 0.6) is 5.75 Å². The highest BCUT2D eigenvalue weighted by Gasteiger charge is 2.13. The lowest BCUT2D eigenvalue weighted by Gasteiger charge is -2.07. The minimum atomic E-state index is 0.135. The lowest BCUT2D eigenvalue weighted by atomic mass is 10.1. The predicted molar refractivity (Wildman–Crippen MR) is 76.3 cm³/mol. The molecule has 1 aromatic carbocycles. The van der Waals surface area contributed by atoms with E-state index in [4.69, 9.17) is 5.73 Å². The van der Waals surface area contributed by atoms with E-state index in [1.807, 2.05) is 30.7 Å². The smallest absolute Gasteiger partial charge is 0.115 e. The van der Waals surface area contributed by atoms with Crippen molar-refractivity contribution >= 4 is 0 Å².